The molecule has 0 saturated carbocycles. The molecule has 1 atom stereocenters. The molecule has 2 aromatic rings. The first-order valence-corrected chi connectivity index (χ1v) is 6.49. The molecule has 0 heterocycles. The Labute approximate surface area is 117 Å². The first-order chi connectivity index (χ1) is 9.52. The molecule has 0 radical (unpaired) electrons. The Morgan fingerprint density at radius 2 is 1.90 bits per heavy atom. The van der Waals surface area contributed by atoms with Crippen LogP contribution >= 0.6 is 0 Å². The summed E-state index contributed by atoms with van der Waals surface area (Å²) in [7, 11) is 0. The first-order valence-electron chi connectivity index (χ1n) is 6.49. The van der Waals surface area contributed by atoms with Crippen molar-refractivity contribution in [3.8, 4) is 0 Å². The van der Waals surface area contributed by atoms with Crippen molar-refractivity contribution >= 4 is 0 Å². The van der Waals surface area contributed by atoms with Gasteiger partial charge in [0.2, 0.25) is 0 Å². The zero-order valence-corrected chi connectivity index (χ0v) is 11.6. The van der Waals surface area contributed by atoms with Gasteiger partial charge < -0.3 is 0 Å². The van der Waals surface area contributed by atoms with Gasteiger partial charge >= 0.3 is 0 Å². The quantitative estimate of drug-likeness (QED) is 0.664. The van der Waals surface area contributed by atoms with Gasteiger partial charge in [-0.1, -0.05) is 35.9 Å². The van der Waals surface area contributed by atoms with Gasteiger partial charge in [0, 0.05) is 5.56 Å². The third kappa shape index (κ3) is 3.03. The topological polar surface area (TPSA) is 38.0 Å². The molecule has 3 N–H and O–H groups in total. The summed E-state index contributed by atoms with van der Waals surface area (Å²) in [6.45, 7) is 3.99. The van der Waals surface area contributed by atoms with Crippen molar-refractivity contribution in [1.29, 1.82) is 0 Å². The van der Waals surface area contributed by atoms with E-state index in [-0.39, 0.29) is 5.56 Å². The molecule has 0 aliphatic heterocycles. The van der Waals surface area contributed by atoms with Crippen LogP contribution in [0.3, 0.4) is 0 Å². The highest BCUT2D eigenvalue weighted by Gasteiger charge is 2.18. The summed E-state index contributed by atoms with van der Waals surface area (Å²) < 4.78 is 27.2. The highest BCUT2D eigenvalue weighted by molar-refractivity contribution is 5.33. The molecule has 0 spiro atoms. The van der Waals surface area contributed by atoms with E-state index in [1.165, 1.54) is 6.07 Å². The summed E-state index contributed by atoms with van der Waals surface area (Å²) in [6, 6.07) is 9.74. The molecule has 106 valence electrons. The lowest BCUT2D eigenvalue weighted by atomic mass is 9.95. The summed E-state index contributed by atoms with van der Waals surface area (Å²) in [5, 5.41) is 0. The largest absolute Gasteiger partial charge is 0.271 e. The second-order valence-electron chi connectivity index (χ2n) is 5.00. The standard InChI is InChI=1S/C16H18F2N2/c1-10-6-7-11(2)12(8-10)9-15(20-19)13-4-3-5-14(17)16(13)18/h3-8,15,20H,9,19H2,1-2H3. The smallest absolute Gasteiger partial charge is 0.163 e. The molecule has 0 amide bonds. The Morgan fingerprint density at radius 1 is 1.15 bits per heavy atom. The van der Waals surface area contributed by atoms with Crippen molar-refractivity contribution in [2.75, 3.05) is 0 Å². The van der Waals surface area contributed by atoms with Crippen LogP contribution < -0.4 is 11.3 Å². The van der Waals surface area contributed by atoms with E-state index >= 15 is 0 Å². The minimum atomic E-state index is -0.858. The van der Waals surface area contributed by atoms with Gasteiger partial charge in [0.05, 0.1) is 6.04 Å². The molecule has 0 fully saturated rings. The molecule has 0 aliphatic rings. The van der Waals surface area contributed by atoms with Crippen molar-refractivity contribution in [3.05, 3.63) is 70.3 Å². The molecule has 0 bridgehead atoms. The number of nitrogens with one attached hydrogen (secondary N) is 1. The van der Waals surface area contributed by atoms with E-state index in [1.54, 1.807) is 6.07 Å². The summed E-state index contributed by atoms with van der Waals surface area (Å²) in [5.41, 5.74) is 6.12. The monoisotopic (exact) mass is 276 g/mol. The number of aryl methyl sites for hydroxylation is 2. The Kier molecular flexibility index (Phi) is 4.47. The molecule has 2 nitrogen and oxygen atoms in total. The summed E-state index contributed by atoms with van der Waals surface area (Å²) in [6.07, 6.45) is 0.504. The van der Waals surface area contributed by atoms with Crippen LogP contribution in [0.1, 0.15) is 28.3 Å². The molecule has 20 heavy (non-hydrogen) atoms. The Morgan fingerprint density at radius 3 is 2.60 bits per heavy atom. The zero-order valence-electron chi connectivity index (χ0n) is 11.6. The predicted octanol–water partition coefficient (Wildman–Crippen LogP) is 3.33. The summed E-state index contributed by atoms with van der Waals surface area (Å²) >= 11 is 0. The summed E-state index contributed by atoms with van der Waals surface area (Å²) in [5.74, 6) is 3.82. The predicted molar refractivity (Wildman–Crippen MR) is 76.0 cm³/mol. The molecule has 0 aromatic heterocycles. The minimum absolute atomic E-state index is 0.244. The number of hydrazine groups is 1. The number of hydrogen-bond donors (Lipinski definition) is 2. The number of rotatable bonds is 4. The maximum Gasteiger partial charge on any atom is 0.163 e. The van der Waals surface area contributed by atoms with Crippen LogP contribution in [0.2, 0.25) is 0 Å². The average Bonchev–Trinajstić information content (AvgIpc) is 2.43. The molecule has 4 heteroatoms. The first kappa shape index (κ1) is 14.6. The van der Waals surface area contributed by atoms with Crippen LogP contribution in [0.5, 0.6) is 0 Å². The fraction of sp³-hybridized carbons (Fsp3) is 0.250. The Bertz CT molecular complexity index is 611. The van der Waals surface area contributed by atoms with Crippen LogP contribution in [-0.2, 0) is 6.42 Å². The van der Waals surface area contributed by atoms with Crippen LogP contribution in [0.4, 0.5) is 8.78 Å². The number of hydrogen-bond acceptors (Lipinski definition) is 2. The van der Waals surface area contributed by atoms with Gasteiger partial charge in [-0.3, -0.25) is 11.3 Å². The fourth-order valence-corrected chi connectivity index (χ4v) is 2.29. The lowest BCUT2D eigenvalue weighted by Crippen LogP contribution is -2.30. The van der Waals surface area contributed by atoms with E-state index in [9.17, 15) is 8.78 Å². The van der Waals surface area contributed by atoms with Crippen LogP contribution in [0, 0.1) is 25.5 Å². The van der Waals surface area contributed by atoms with Crippen molar-refractivity contribution < 1.29 is 8.78 Å². The molecule has 2 aromatic carbocycles. The fourth-order valence-electron chi connectivity index (χ4n) is 2.29. The molecule has 0 aliphatic carbocycles. The van der Waals surface area contributed by atoms with E-state index in [0.717, 1.165) is 22.8 Å². The maximum atomic E-state index is 13.9. The third-order valence-electron chi connectivity index (χ3n) is 3.49. The zero-order chi connectivity index (χ0) is 14.7. The molecular formula is C16H18F2N2. The number of benzene rings is 2. The second-order valence-corrected chi connectivity index (χ2v) is 5.00. The van der Waals surface area contributed by atoms with Gasteiger partial charge in [-0.05, 0) is 37.5 Å². The Balaban J connectivity index is 2.34. The molecule has 2 rings (SSSR count). The maximum absolute atomic E-state index is 13.9. The second kappa shape index (κ2) is 6.11. The lowest BCUT2D eigenvalue weighted by molar-refractivity contribution is 0.464. The molecule has 0 saturated heterocycles. The molecule has 1 unspecified atom stereocenters. The van der Waals surface area contributed by atoms with Gasteiger partial charge in [-0.25, -0.2) is 8.78 Å². The normalized spacial score (nSPS) is 12.4. The van der Waals surface area contributed by atoms with Crippen molar-refractivity contribution in [3.63, 3.8) is 0 Å². The van der Waals surface area contributed by atoms with Gasteiger partial charge in [0.15, 0.2) is 11.6 Å². The van der Waals surface area contributed by atoms with E-state index in [0.29, 0.717) is 6.42 Å². The van der Waals surface area contributed by atoms with E-state index < -0.39 is 17.7 Å². The Hall–Kier alpha value is -1.78. The van der Waals surface area contributed by atoms with E-state index in [2.05, 4.69) is 5.43 Å². The van der Waals surface area contributed by atoms with Gasteiger partial charge in [-0.2, -0.15) is 0 Å². The van der Waals surface area contributed by atoms with Gasteiger partial charge in [0.25, 0.3) is 0 Å². The lowest BCUT2D eigenvalue weighted by Gasteiger charge is -2.19. The van der Waals surface area contributed by atoms with Gasteiger partial charge in [0.1, 0.15) is 0 Å². The van der Waals surface area contributed by atoms with Crippen LogP contribution in [0.25, 0.3) is 0 Å². The van der Waals surface area contributed by atoms with Crippen molar-refractivity contribution in [2.24, 2.45) is 5.84 Å². The van der Waals surface area contributed by atoms with E-state index in [1.807, 2.05) is 32.0 Å². The van der Waals surface area contributed by atoms with Crippen LogP contribution in [0.15, 0.2) is 36.4 Å². The SMILES string of the molecule is Cc1ccc(C)c(CC(NN)c2cccc(F)c2F)c1. The summed E-state index contributed by atoms with van der Waals surface area (Å²) in [4.78, 5) is 0. The highest BCUT2D eigenvalue weighted by Crippen LogP contribution is 2.24. The van der Waals surface area contributed by atoms with Gasteiger partial charge in [-0.15, -0.1) is 0 Å². The highest BCUT2D eigenvalue weighted by atomic mass is 19.2. The van der Waals surface area contributed by atoms with Crippen molar-refractivity contribution in [1.82, 2.24) is 5.43 Å². The van der Waals surface area contributed by atoms with Crippen LogP contribution in [-0.4, -0.2) is 0 Å². The van der Waals surface area contributed by atoms with Crippen molar-refractivity contribution in [2.45, 2.75) is 26.3 Å². The average molecular weight is 276 g/mol. The number of halogens is 2. The molecular weight excluding hydrogens is 258 g/mol. The minimum Gasteiger partial charge on any atom is -0.271 e. The van der Waals surface area contributed by atoms with E-state index in [4.69, 9.17) is 5.84 Å². The third-order valence-corrected chi connectivity index (χ3v) is 3.49. The number of nitrogens with two attached hydrogens (primary N) is 1.